The minimum absolute atomic E-state index is 0.0643. The first kappa shape index (κ1) is 21.4. The van der Waals surface area contributed by atoms with Crippen LogP contribution in [0.4, 0.5) is 23.9 Å². The second-order valence-corrected chi connectivity index (χ2v) is 8.10. The van der Waals surface area contributed by atoms with Crippen molar-refractivity contribution >= 4 is 39.7 Å². The average Bonchev–Trinajstić information content (AvgIpc) is 2.66. The largest absolute Gasteiger partial charge is 0.443 e. The lowest BCUT2D eigenvalue weighted by atomic mass is 10.2. The molecule has 0 unspecified atom stereocenters. The Morgan fingerprint density at radius 3 is 2.12 bits per heavy atom. The Morgan fingerprint density at radius 2 is 1.56 bits per heavy atom. The van der Waals surface area contributed by atoms with Gasteiger partial charge in [-0.05, 0) is 57.2 Å². The number of allylic oxidation sites excluding steroid dienone is 1. The van der Waals surface area contributed by atoms with Gasteiger partial charge in [-0.3, -0.25) is 0 Å². The Balaban J connectivity index is 2.10. The molecule has 2 aromatic carbocycles. The summed E-state index contributed by atoms with van der Waals surface area (Å²) in [6.45, 7) is 5.24. The van der Waals surface area contributed by atoms with Crippen LogP contribution in [0.2, 0.25) is 0 Å². The van der Waals surface area contributed by atoms with E-state index in [-0.39, 0.29) is 11.5 Å². The topological polar surface area (TPSA) is 84.8 Å². The van der Waals surface area contributed by atoms with Gasteiger partial charge in [-0.15, -0.1) is 0 Å². The van der Waals surface area contributed by atoms with Crippen LogP contribution in [0.5, 0.6) is 0 Å². The number of benzene rings is 2. The SMILES string of the molecule is CC(C)(C)OC(=O)n1c2cccc(c2)nc2[nH]c(nc3cccc1c3)C(C(F)(F)F)=CN2. The van der Waals surface area contributed by atoms with E-state index in [0.29, 0.717) is 16.6 Å². The fourth-order valence-corrected chi connectivity index (χ4v) is 3.12. The molecule has 4 rings (SSSR count). The maximum atomic E-state index is 13.5. The Morgan fingerprint density at radius 1 is 0.969 bits per heavy atom. The quantitative estimate of drug-likeness (QED) is 0.465. The van der Waals surface area contributed by atoms with E-state index in [1.807, 2.05) is 0 Å². The third kappa shape index (κ3) is 4.58. The van der Waals surface area contributed by atoms with E-state index in [4.69, 9.17) is 4.74 Å². The van der Waals surface area contributed by atoms with Crippen LogP contribution in [-0.4, -0.2) is 37.4 Å². The van der Waals surface area contributed by atoms with Crippen LogP contribution in [0, 0.1) is 0 Å². The van der Waals surface area contributed by atoms with E-state index in [1.54, 1.807) is 63.2 Å². The van der Waals surface area contributed by atoms with Crippen molar-refractivity contribution in [3.8, 4) is 0 Å². The Hall–Kier alpha value is -3.82. The van der Waals surface area contributed by atoms with Gasteiger partial charge in [0.15, 0.2) is 0 Å². The van der Waals surface area contributed by atoms with Gasteiger partial charge in [0.1, 0.15) is 17.0 Å². The van der Waals surface area contributed by atoms with E-state index in [2.05, 4.69) is 20.3 Å². The van der Waals surface area contributed by atoms with Crippen LogP contribution in [0.15, 0.2) is 54.7 Å². The number of anilines is 1. The molecule has 7 nitrogen and oxygen atoms in total. The number of fused-ring (bicyclic) bond motifs is 6. The third-order valence-electron chi connectivity index (χ3n) is 4.38. The number of rotatable bonds is 0. The summed E-state index contributed by atoms with van der Waals surface area (Å²) in [5.41, 5.74) is -0.248. The molecule has 0 amide bonds. The van der Waals surface area contributed by atoms with Crippen LogP contribution in [-0.2, 0) is 4.74 Å². The number of alkyl halides is 3. The molecule has 1 aliphatic rings. The first-order valence-corrected chi connectivity index (χ1v) is 9.71. The van der Waals surface area contributed by atoms with E-state index in [9.17, 15) is 18.0 Å². The number of aromatic nitrogens is 4. The molecule has 0 radical (unpaired) electrons. The highest BCUT2D eigenvalue weighted by Crippen LogP contribution is 2.33. The predicted molar refractivity (Wildman–Crippen MR) is 115 cm³/mol. The normalized spacial score (nSPS) is 13.2. The minimum Gasteiger partial charge on any atom is -0.443 e. The van der Waals surface area contributed by atoms with E-state index >= 15 is 0 Å². The maximum absolute atomic E-state index is 13.5. The predicted octanol–water partition coefficient (Wildman–Crippen LogP) is 5.71. The van der Waals surface area contributed by atoms with Crippen LogP contribution in [0.3, 0.4) is 0 Å². The van der Waals surface area contributed by atoms with Crippen molar-refractivity contribution in [2.75, 3.05) is 5.32 Å². The highest BCUT2D eigenvalue weighted by Gasteiger charge is 2.37. The molecule has 10 heteroatoms. The van der Waals surface area contributed by atoms with Gasteiger partial charge >= 0.3 is 12.3 Å². The standard InChI is InChI=1S/C22H20F3N5O2/c1-21(2,3)32-20(31)30-15-8-4-6-13(10-15)27-18-17(22(23,24)25)12-26-19(29-18)28-14-7-5-9-16(30)11-14/h4-12H,1-3H3,(H2,26,27,28,29). The molecular formula is C22H20F3N5O2. The van der Waals surface area contributed by atoms with Gasteiger partial charge in [0.05, 0.1) is 22.1 Å². The molecular weight excluding hydrogens is 423 g/mol. The zero-order valence-electron chi connectivity index (χ0n) is 17.5. The van der Waals surface area contributed by atoms with E-state index in [1.165, 1.54) is 10.6 Å². The first-order valence-electron chi connectivity index (χ1n) is 9.71. The number of ether oxygens (including phenoxy) is 1. The zero-order chi connectivity index (χ0) is 23.1. The lowest BCUT2D eigenvalue weighted by Crippen LogP contribution is -2.27. The summed E-state index contributed by atoms with van der Waals surface area (Å²) in [5.74, 6) is -0.345. The van der Waals surface area contributed by atoms with Crippen molar-refractivity contribution in [2.24, 2.45) is 0 Å². The molecule has 2 N–H and O–H groups in total. The van der Waals surface area contributed by atoms with Crippen molar-refractivity contribution in [1.29, 1.82) is 0 Å². The molecule has 1 aliphatic heterocycles. The molecule has 0 atom stereocenters. The number of carbonyl (C=O) groups is 1. The number of nitrogens with zero attached hydrogens (tertiary/aromatic N) is 3. The molecule has 1 aromatic heterocycles. The Labute approximate surface area is 180 Å². The molecule has 166 valence electrons. The number of nitrogens with one attached hydrogen (secondary N) is 2. The van der Waals surface area contributed by atoms with Gasteiger partial charge in [0.25, 0.3) is 0 Å². The zero-order valence-corrected chi connectivity index (χ0v) is 17.5. The van der Waals surface area contributed by atoms with E-state index in [0.717, 1.165) is 6.20 Å². The minimum atomic E-state index is -4.64. The lowest BCUT2D eigenvalue weighted by molar-refractivity contribution is -0.0695. The van der Waals surface area contributed by atoms with Gasteiger partial charge in [0.2, 0.25) is 5.95 Å². The Bertz CT molecular complexity index is 1330. The monoisotopic (exact) mass is 443 g/mol. The number of H-pyrrole nitrogens is 1. The Kier molecular flexibility index (Phi) is 5.15. The smallest absolute Gasteiger partial charge is 0.421 e. The van der Waals surface area contributed by atoms with Gasteiger partial charge in [0, 0.05) is 6.20 Å². The van der Waals surface area contributed by atoms with Crippen LogP contribution in [0.25, 0.3) is 27.6 Å². The molecule has 0 fully saturated rings. The third-order valence-corrected chi connectivity index (χ3v) is 4.38. The number of halogens is 3. The highest BCUT2D eigenvalue weighted by molar-refractivity contribution is 5.85. The van der Waals surface area contributed by atoms with Gasteiger partial charge < -0.3 is 15.0 Å². The summed E-state index contributed by atoms with van der Waals surface area (Å²) < 4.78 is 47.5. The molecule has 32 heavy (non-hydrogen) atoms. The fraction of sp³-hybridized carbons (Fsp3) is 0.227. The molecule has 0 saturated heterocycles. The maximum Gasteiger partial charge on any atom is 0.421 e. The number of carbonyl (C=O) groups excluding carboxylic acids is 1. The second-order valence-electron chi connectivity index (χ2n) is 8.10. The summed E-state index contributed by atoms with van der Waals surface area (Å²) in [4.78, 5) is 24.2. The van der Waals surface area contributed by atoms with Crippen molar-refractivity contribution in [2.45, 2.75) is 32.5 Å². The molecule has 0 spiro atoms. The van der Waals surface area contributed by atoms with Gasteiger partial charge in [-0.2, -0.15) is 13.2 Å². The van der Waals surface area contributed by atoms with Crippen LogP contribution >= 0.6 is 0 Å². The number of hydrogen-bond donors (Lipinski definition) is 2. The first-order chi connectivity index (χ1) is 15.0. The molecule has 0 aliphatic carbocycles. The van der Waals surface area contributed by atoms with E-state index < -0.39 is 29.3 Å². The molecule has 0 saturated carbocycles. The van der Waals surface area contributed by atoms with Crippen LogP contribution < -0.4 is 5.32 Å². The second kappa shape index (κ2) is 7.70. The van der Waals surface area contributed by atoms with Gasteiger partial charge in [-0.25, -0.2) is 19.3 Å². The summed E-state index contributed by atoms with van der Waals surface area (Å²) in [5, 5.41) is 2.51. The van der Waals surface area contributed by atoms with Crippen molar-refractivity contribution in [3.05, 3.63) is 60.6 Å². The molecule has 6 bridgehead atoms. The summed E-state index contributed by atoms with van der Waals surface area (Å²) in [7, 11) is 0. The van der Waals surface area contributed by atoms with Gasteiger partial charge in [-0.1, -0.05) is 12.1 Å². The fourth-order valence-electron chi connectivity index (χ4n) is 3.12. The van der Waals surface area contributed by atoms with Crippen molar-refractivity contribution in [3.63, 3.8) is 0 Å². The number of hydrogen-bond acceptors (Lipinski definition) is 5. The average molecular weight is 443 g/mol. The van der Waals surface area contributed by atoms with Crippen molar-refractivity contribution in [1.82, 2.24) is 19.5 Å². The van der Waals surface area contributed by atoms with Crippen LogP contribution in [0.1, 0.15) is 26.6 Å². The molecule has 2 heterocycles. The summed E-state index contributed by atoms with van der Waals surface area (Å²) in [6, 6.07) is 13.0. The van der Waals surface area contributed by atoms with Crippen molar-refractivity contribution < 1.29 is 22.7 Å². The summed E-state index contributed by atoms with van der Waals surface area (Å²) in [6.07, 6.45) is -4.46. The molecule has 3 aromatic rings. The summed E-state index contributed by atoms with van der Waals surface area (Å²) >= 11 is 0. The number of aromatic amines is 1. The highest BCUT2D eigenvalue weighted by atomic mass is 19.4. The lowest BCUT2D eigenvalue weighted by Gasteiger charge is -2.21.